The van der Waals surface area contributed by atoms with E-state index in [9.17, 15) is 19.5 Å². The maximum Gasteiger partial charge on any atom is 0.247 e. The molecule has 0 radical (unpaired) electrons. The van der Waals surface area contributed by atoms with E-state index in [4.69, 9.17) is 0 Å². The van der Waals surface area contributed by atoms with E-state index in [-0.39, 0.29) is 30.4 Å². The molecule has 8 heteroatoms. The molecule has 3 aliphatic heterocycles. The van der Waals surface area contributed by atoms with Gasteiger partial charge in [-0.1, -0.05) is 60.7 Å². The van der Waals surface area contributed by atoms with Gasteiger partial charge in [-0.15, -0.1) is 24.9 Å². The number of benzene rings is 2. The number of hydrogen-bond donors (Lipinski definition) is 1. The highest BCUT2D eigenvalue weighted by molar-refractivity contribution is 8.02. The van der Waals surface area contributed by atoms with Crippen molar-refractivity contribution in [1.29, 1.82) is 0 Å². The first-order valence-corrected chi connectivity index (χ1v) is 16.0. The largest absolute Gasteiger partial charge is 0.394 e. The number of aliphatic hydroxyl groups excluding tert-OH is 1. The summed E-state index contributed by atoms with van der Waals surface area (Å²) in [4.78, 5) is 49.2. The Labute approximate surface area is 259 Å². The van der Waals surface area contributed by atoms with Crippen molar-refractivity contribution in [3.05, 3.63) is 91.5 Å². The Kier molecular flexibility index (Phi) is 8.91. The summed E-state index contributed by atoms with van der Waals surface area (Å²) in [6.07, 6.45) is 5.19. The SMILES string of the molecule is C=CCN(C(=O)[C@@H]1[C@H]2C(=O)N([C@@H](CO)Cc3ccccc3)C(C(=O)N(CC=C)C(C)C)C23CC[C@@]1(C)S3)c1ccccc1. The lowest BCUT2D eigenvalue weighted by atomic mass is 9.66. The number of hydrogen-bond acceptors (Lipinski definition) is 5. The van der Waals surface area contributed by atoms with Crippen molar-refractivity contribution >= 4 is 35.2 Å². The van der Waals surface area contributed by atoms with Gasteiger partial charge >= 0.3 is 0 Å². The van der Waals surface area contributed by atoms with Gasteiger partial charge in [0.05, 0.1) is 29.2 Å². The van der Waals surface area contributed by atoms with E-state index < -0.39 is 33.4 Å². The van der Waals surface area contributed by atoms with Crippen LogP contribution in [0.25, 0.3) is 0 Å². The molecule has 2 aromatic rings. The molecule has 0 aromatic heterocycles. The molecule has 228 valence electrons. The third kappa shape index (κ3) is 5.22. The van der Waals surface area contributed by atoms with Gasteiger partial charge in [0, 0.05) is 29.6 Å². The fraction of sp³-hybridized carbons (Fsp3) is 0.457. The Morgan fingerprint density at radius 3 is 2.23 bits per heavy atom. The minimum atomic E-state index is -0.803. The topological polar surface area (TPSA) is 81.2 Å². The standard InChI is InChI=1S/C35H43N3O4S/c1-6-20-36(24(3)4)33(42)30-35-19-18-34(5,43-35)28(31(40)37(21-7-2)26-16-12-9-13-17-26)29(35)32(41)38(30)27(23-39)22-25-14-10-8-11-15-25/h6-17,24,27-30,39H,1-2,18-23H2,3-5H3/t27-,28+,29+,30?,34-,35?/m1/s1. The Hall–Kier alpha value is -3.36. The molecular weight excluding hydrogens is 558 g/mol. The number of aliphatic hydroxyl groups is 1. The Morgan fingerprint density at radius 1 is 1.02 bits per heavy atom. The number of rotatable bonds is 12. The van der Waals surface area contributed by atoms with E-state index in [1.165, 1.54) is 0 Å². The molecule has 5 rings (SSSR count). The summed E-state index contributed by atoms with van der Waals surface area (Å²) >= 11 is 1.65. The molecule has 7 nitrogen and oxygen atoms in total. The molecule has 3 amide bonds. The molecule has 3 fully saturated rings. The lowest BCUT2D eigenvalue weighted by molar-refractivity contribution is -0.146. The van der Waals surface area contributed by atoms with Crippen LogP contribution in [0.3, 0.4) is 0 Å². The highest BCUT2D eigenvalue weighted by Crippen LogP contribution is 2.72. The van der Waals surface area contributed by atoms with Gasteiger partial charge in [0.15, 0.2) is 0 Å². The molecule has 0 saturated carbocycles. The Morgan fingerprint density at radius 2 is 1.65 bits per heavy atom. The molecule has 1 spiro atoms. The number of fused-ring (bicyclic) bond motifs is 1. The first kappa shape index (κ1) is 31.1. The monoisotopic (exact) mass is 601 g/mol. The lowest BCUT2D eigenvalue weighted by Gasteiger charge is -2.40. The van der Waals surface area contributed by atoms with Crippen molar-refractivity contribution in [2.45, 2.75) is 67.7 Å². The van der Waals surface area contributed by atoms with Crippen molar-refractivity contribution in [2.24, 2.45) is 11.8 Å². The van der Waals surface area contributed by atoms with Crippen LogP contribution in [0.1, 0.15) is 39.2 Å². The van der Waals surface area contributed by atoms with Crippen LogP contribution < -0.4 is 4.90 Å². The van der Waals surface area contributed by atoms with Crippen LogP contribution in [0.15, 0.2) is 86.0 Å². The number of likely N-dealkylation sites (tertiary alicyclic amines) is 1. The van der Waals surface area contributed by atoms with Gasteiger partial charge in [-0.2, -0.15) is 0 Å². The van der Waals surface area contributed by atoms with Crippen LogP contribution >= 0.6 is 11.8 Å². The third-order valence-corrected chi connectivity index (χ3v) is 11.5. The van der Waals surface area contributed by atoms with E-state index in [0.29, 0.717) is 25.9 Å². The van der Waals surface area contributed by atoms with E-state index in [1.54, 1.807) is 38.6 Å². The first-order chi connectivity index (χ1) is 20.6. The van der Waals surface area contributed by atoms with Crippen molar-refractivity contribution < 1.29 is 19.5 Å². The zero-order valence-electron chi connectivity index (χ0n) is 25.4. The van der Waals surface area contributed by atoms with Gasteiger partial charge in [-0.3, -0.25) is 14.4 Å². The summed E-state index contributed by atoms with van der Waals surface area (Å²) in [5, 5.41) is 10.8. The summed E-state index contributed by atoms with van der Waals surface area (Å²) in [7, 11) is 0. The summed E-state index contributed by atoms with van der Waals surface area (Å²) in [6.45, 7) is 14.2. The molecule has 43 heavy (non-hydrogen) atoms. The quantitative estimate of drug-likeness (QED) is 0.357. The van der Waals surface area contributed by atoms with Crippen LogP contribution in [-0.2, 0) is 20.8 Å². The molecule has 3 heterocycles. The summed E-state index contributed by atoms with van der Waals surface area (Å²) in [5.41, 5.74) is 1.72. The normalized spacial score (nSPS) is 28.1. The fourth-order valence-electron chi connectivity index (χ4n) is 7.63. The average Bonchev–Trinajstić information content (AvgIpc) is 3.58. The highest BCUT2D eigenvalue weighted by Gasteiger charge is 2.78. The van der Waals surface area contributed by atoms with Gasteiger partial charge in [-0.25, -0.2) is 0 Å². The van der Waals surface area contributed by atoms with Crippen LogP contribution in [0, 0.1) is 11.8 Å². The van der Waals surface area contributed by atoms with Gasteiger partial charge in [0.25, 0.3) is 0 Å². The number of carbonyl (C=O) groups excluding carboxylic acids is 3. The minimum absolute atomic E-state index is 0.114. The van der Waals surface area contributed by atoms with Crippen molar-refractivity contribution in [3.63, 3.8) is 0 Å². The molecule has 1 N–H and O–H groups in total. The van der Waals surface area contributed by atoms with Crippen LogP contribution in [0.2, 0.25) is 0 Å². The van der Waals surface area contributed by atoms with Crippen LogP contribution in [-0.4, -0.2) is 79.9 Å². The average molecular weight is 602 g/mol. The van der Waals surface area contributed by atoms with Gasteiger partial charge in [0.1, 0.15) is 6.04 Å². The van der Waals surface area contributed by atoms with Crippen LogP contribution in [0.5, 0.6) is 0 Å². The Bertz CT molecular complexity index is 1370. The van der Waals surface area contributed by atoms with Gasteiger partial charge < -0.3 is 19.8 Å². The number of para-hydroxylation sites is 1. The third-order valence-electron chi connectivity index (χ3n) is 9.51. The molecule has 0 aliphatic carbocycles. The molecule has 3 aliphatic rings. The zero-order valence-corrected chi connectivity index (χ0v) is 26.2. The summed E-state index contributed by atoms with van der Waals surface area (Å²) in [6, 6.07) is 17.7. The molecule has 2 aromatic carbocycles. The molecule has 6 atom stereocenters. The molecule has 2 unspecified atom stereocenters. The van der Waals surface area contributed by atoms with Crippen molar-refractivity contribution in [2.75, 3.05) is 24.6 Å². The maximum absolute atomic E-state index is 14.8. The minimum Gasteiger partial charge on any atom is -0.394 e. The van der Waals surface area contributed by atoms with Gasteiger partial charge in [0.2, 0.25) is 17.7 Å². The number of nitrogens with zero attached hydrogens (tertiary/aromatic N) is 3. The predicted molar refractivity (Wildman–Crippen MR) is 173 cm³/mol. The second-order valence-electron chi connectivity index (χ2n) is 12.4. The highest BCUT2D eigenvalue weighted by atomic mass is 32.2. The second kappa shape index (κ2) is 12.3. The van der Waals surface area contributed by atoms with E-state index in [1.807, 2.05) is 74.5 Å². The molecule has 3 saturated heterocycles. The van der Waals surface area contributed by atoms with E-state index >= 15 is 0 Å². The maximum atomic E-state index is 14.8. The number of thioether (sulfide) groups is 1. The first-order valence-electron chi connectivity index (χ1n) is 15.2. The number of anilines is 1. The fourth-order valence-corrected chi connectivity index (χ4v) is 9.96. The van der Waals surface area contributed by atoms with Crippen molar-refractivity contribution in [1.82, 2.24) is 9.80 Å². The van der Waals surface area contributed by atoms with Crippen LogP contribution in [0.4, 0.5) is 5.69 Å². The lowest BCUT2D eigenvalue weighted by Crippen LogP contribution is -2.59. The zero-order chi connectivity index (χ0) is 30.9. The Balaban J connectivity index is 1.62. The number of amides is 3. The molecular formula is C35H43N3O4S. The smallest absolute Gasteiger partial charge is 0.247 e. The van der Waals surface area contributed by atoms with Gasteiger partial charge in [-0.05, 0) is 57.7 Å². The second-order valence-corrected chi connectivity index (χ2v) is 14.3. The van der Waals surface area contributed by atoms with Crippen molar-refractivity contribution in [3.8, 4) is 0 Å². The summed E-state index contributed by atoms with van der Waals surface area (Å²) < 4.78 is -1.29. The number of carbonyl (C=O) groups is 3. The molecule has 2 bridgehead atoms. The van der Waals surface area contributed by atoms with E-state index in [0.717, 1.165) is 17.7 Å². The summed E-state index contributed by atoms with van der Waals surface area (Å²) in [5.74, 6) is -1.78. The van der Waals surface area contributed by atoms with E-state index in [2.05, 4.69) is 20.1 Å². The predicted octanol–water partition coefficient (Wildman–Crippen LogP) is 4.71.